The number of aliphatic hydroxyl groups excluding tert-OH is 1. The van der Waals surface area contributed by atoms with Gasteiger partial charge in [-0.15, -0.1) is 0 Å². The van der Waals surface area contributed by atoms with Crippen molar-refractivity contribution in [2.75, 3.05) is 0 Å². The van der Waals surface area contributed by atoms with E-state index in [0.29, 0.717) is 11.2 Å². The van der Waals surface area contributed by atoms with Crippen molar-refractivity contribution < 1.29 is 5.11 Å². The first-order valence-corrected chi connectivity index (χ1v) is 3.89. The molecule has 0 atom stereocenters. The van der Waals surface area contributed by atoms with E-state index in [2.05, 4.69) is 6.08 Å². The zero-order chi connectivity index (χ0) is 7.03. The quantitative estimate of drug-likeness (QED) is 0.542. The van der Waals surface area contributed by atoms with Gasteiger partial charge >= 0.3 is 0 Å². The van der Waals surface area contributed by atoms with E-state index in [9.17, 15) is 0 Å². The van der Waals surface area contributed by atoms with E-state index < -0.39 is 0 Å². The number of rotatable bonds is 0. The fourth-order valence-corrected chi connectivity index (χ4v) is 1.71. The van der Waals surface area contributed by atoms with E-state index in [1.807, 2.05) is 12.2 Å². The van der Waals surface area contributed by atoms with Crippen molar-refractivity contribution in [2.24, 2.45) is 5.41 Å². The molecule has 0 bridgehead atoms. The Morgan fingerprint density at radius 1 is 1.40 bits per heavy atom. The maximum Gasteiger partial charge on any atom is 0.111 e. The van der Waals surface area contributed by atoms with Crippen LogP contribution in [0.2, 0.25) is 0 Å². The van der Waals surface area contributed by atoms with Crippen molar-refractivity contribution in [2.45, 2.75) is 25.7 Å². The molecule has 1 spiro atoms. The molecule has 1 nitrogen and oxygen atoms in total. The highest BCUT2D eigenvalue weighted by atomic mass is 16.3. The van der Waals surface area contributed by atoms with Crippen LogP contribution in [0, 0.1) is 5.41 Å². The minimum atomic E-state index is 0.442. The number of hydrogen-bond acceptors (Lipinski definition) is 1. The highest BCUT2D eigenvalue weighted by Crippen LogP contribution is 2.47. The van der Waals surface area contributed by atoms with Gasteiger partial charge in [0.1, 0.15) is 5.76 Å². The van der Waals surface area contributed by atoms with Gasteiger partial charge in [-0.2, -0.15) is 0 Å². The largest absolute Gasteiger partial charge is 0.508 e. The van der Waals surface area contributed by atoms with Gasteiger partial charge in [-0.25, -0.2) is 0 Å². The Hall–Kier alpha value is -0.720. The van der Waals surface area contributed by atoms with E-state index in [0.717, 1.165) is 6.42 Å². The lowest BCUT2D eigenvalue weighted by Crippen LogP contribution is -2.27. The van der Waals surface area contributed by atoms with Crippen LogP contribution < -0.4 is 0 Å². The predicted molar refractivity (Wildman–Crippen MR) is 40.8 cm³/mol. The summed E-state index contributed by atoms with van der Waals surface area (Å²) in [4.78, 5) is 0. The molecule has 0 aromatic heterocycles. The summed E-state index contributed by atoms with van der Waals surface area (Å²) >= 11 is 0. The van der Waals surface area contributed by atoms with Gasteiger partial charge in [0.15, 0.2) is 0 Å². The van der Waals surface area contributed by atoms with Crippen LogP contribution in [0.25, 0.3) is 0 Å². The Bertz CT molecular complexity index is 197. The first-order valence-electron chi connectivity index (χ1n) is 3.89. The topological polar surface area (TPSA) is 20.2 Å². The monoisotopic (exact) mass is 136 g/mol. The molecule has 2 aliphatic rings. The Kier molecular flexibility index (Phi) is 1.13. The summed E-state index contributed by atoms with van der Waals surface area (Å²) in [5.41, 5.74) is 0.465. The molecule has 0 radical (unpaired) electrons. The van der Waals surface area contributed by atoms with E-state index in [4.69, 9.17) is 5.11 Å². The first-order chi connectivity index (χ1) is 4.81. The van der Waals surface area contributed by atoms with Crippen LogP contribution in [0.3, 0.4) is 0 Å². The van der Waals surface area contributed by atoms with Crippen LogP contribution in [-0.2, 0) is 0 Å². The molecule has 0 aromatic carbocycles. The molecule has 1 heteroatoms. The third-order valence-corrected chi connectivity index (χ3v) is 2.67. The van der Waals surface area contributed by atoms with E-state index in [1.54, 1.807) is 0 Å². The lowest BCUT2D eigenvalue weighted by molar-refractivity contribution is 0.201. The molecule has 0 unspecified atom stereocenters. The van der Waals surface area contributed by atoms with Crippen molar-refractivity contribution >= 4 is 0 Å². The lowest BCUT2D eigenvalue weighted by Gasteiger charge is -2.40. The van der Waals surface area contributed by atoms with Crippen LogP contribution in [0.5, 0.6) is 0 Å². The Morgan fingerprint density at radius 2 is 2.20 bits per heavy atom. The minimum absolute atomic E-state index is 0.442. The zero-order valence-corrected chi connectivity index (χ0v) is 6.01. The maximum absolute atomic E-state index is 9.04. The molecule has 1 N–H and O–H groups in total. The number of hydrogen-bond donors (Lipinski definition) is 1. The van der Waals surface area contributed by atoms with Crippen LogP contribution in [0.15, 0.2) is 24.0 Å². The minimum Gasteiger partial charge on any atom is -0.508 e. The SMILES string of the molecule is OC1=CCC2(C=C1)CCC2. The summed E-state index contributed by atoms with van der Waals surface area (Å²) in [7, 11) is 0. The maximum atomic E-state index is 9.04. The second kappa shape index (κ2) is 1.88. The zero-order valence-electron chi connectivity index (χ0n) is 6.01. The molecule has 2 rings (SSSR count). The van der Waals surface area contributed by atoms with Gasteiger partial charge in [-0.1, -0.05) is 12.5 Å². The van der Waals surface area contributed by atoms with Gasteiger partial charge in [0.2, 0.25) is 0 Å². The van der Waals surface area contributed by atoms with Gasteiger partial charge in [0, 0.05) is 0 Å². The molecule has 0 saturated heterocycles. The molecule has 54 valence electrons. The lowest BCUT2D eigenvalue weighted by atomic mass is 9.65. The highest BCUT2D eigenvalue weighted by Gasteiger charge is 2.34. The van der Waals surface area contributed by atoms with Crippen LogP contribution in [0.1, 0.15) is 25.7 Å². The van der Waals surface area contributed by atoms with E-state index >= 15 is 0 Å². The summed E-state index contributed by atoms with van der Waals surface area (Å²) in [5, 5.41) is 9.04. The van der Waals surface area contributed by atoms with Crippen molar-refractivity contribution in [3.63, 3.8) is 0 Å². The third kappa shape index (κ3) is 0.772. The molecule has 10 heavy (non-hydrogen) atoms. The Morgan fingerprint density at radius 3 is 2.60 bits per heavy atom. The molecule has 0 amide bonds. The molecule has 1 fully saturated rings. The summed E-state index contributed by atoms with van der Waals surface area (Å²) in [6, 6.07) is 0. The van der Waals surface area contributed by atoms with Crippen LogP contribution in [0.4, 0.5) is 0 Å². The summed E-state index contributed by atoms with van der Waals surface area (Å²) in [6.07, 6.45) is 11.0. The third-order valence-electron chi connectivity index (χ3n) is 2.67. The first kappa shape index (κ1) is 6.02. The van der Waals surface area contributed by atoms with E-state index in [1.165, 1.54) is 19.3 Å². The normalized spacial score (nSPS) is 27.8. The second-order valence-corrected chi connectivity index (χ2v) is 3.38. The standard InChI is InChI=1S/C9H12O/c10-8-2-6-9(7-3-8)4-1-5-9/h2-3,6,10H,1,4-5,7H2. The number of aliphatic hydroxyl groups is 1. The second-order valence-electron chi connectivity index (χ2n) is 3.38. The van der Waals surface area contributed by atoms with Gasteiger partial charge in [-0.05, 0) is 36.8 Å². The average molecular weight is 136 g/mol. The molecule has 0 aliphatic heterocycles. The van der Waals surface area contributed by atoms with Crippen LogP contribution in [-0.4, -0.2) is 5.11 Å². The van der Waals surface area contributed by atoms with Gasteiger partial charge < -0.3 is 5.11 Å². The Labute approximate surface area is 61.1 Å². The van der Waals surface area contributed by atoms with Gasteiger partial charge in [0.05, 0.1) is 0 Å². The van der Waals surface area contributed by atoms with Gasteiger partial charge in [-0.3, -0.25) is 0 Å². The fourth-order valence-electron chi connectivity index (χ4n) is 1.71. The molecule has 0 heterocycles. The molecule has 0 aromatic rings. The van der Waals surface area contributed by atoms with Crippen molar-refractivity contribution in [3.05, 3.63) is 24.0 Å². The smallest absolute Gasteiger partial charge is 0.111 e. The molecular weight excluding hydrogens is 124 g/mol. The van der Waals surface area contributed by atoms with Gasteiger partial charge in [0.25, 0.3) is 0 Å². The summed E-state index contributed by atoms with van der Waals surface area (Å²) < 4.78 is 0. The molecule has 2 aliphatic carbocycles. The molecule has 1 saturated carbocycles. The number of allylic oxidation sites excluding steroid dienone is 3. The molecular formula is C9H12O. The predicted octanol–water partition coefficient (Wildman–Crippen LogP) is 2.56. The fraction of sp³-hybridized carbons (Fsp3) is 0.556. The van der Waals surface area contributed by atoms with Crippen molar-refractivity contribution in [3.8, 4) is 0 Å². The van der Waals surface area contributed by atoms with E-state index in [-0.39, 0.29) is 0 Å². The van der Waals surface area contributed by atoms with Crippen molar-refractivity contribution in [1.29, 1.82) is 0 Å². The highest BCUT2D eigenvalue weighted by molar-refractivity contribution is 5.22. The summed E-state index contributed by atoms with van der Waals surface area (Å²) in [6.45, 7) is 0. The average Bonchev–Trinajstić information content (AvgIpc) is 1.86. The Balaban J connectivity index is 2.12. The summed E-state index contributed by atoms with van der Waals surface area (Å²) in [5.74, 6) is 0.442. The van der Waals surface area contributed by atoms with Crippen LogP contribution >= 0.6 is 0 Å². The van der Waals surface area contributed by atoms with Crippen molar-refractivity contribution in [1.82, 2.24) is 0 Å².